The number of amides is 1. The van der Waals surface area contributed by atoms with Gasteiger partial charge >= 0.3 is 0 Å². The number of ether oxygens (including phenoxy) is 1. The van der Waals surface area contributed by atoms with Crippen LogP contribution in [0, 0.1) is 5.92 Å². The Morgan fingerprint density at radius 1 is 1.25 bits per heavy atom. The first-order valence-electron chi connectivity index (χ1n) is 8.55. The lowest BCUT2D eigenvalue weighted by Crippen LogP contribution is -2.52. The van der Waals surface area contributed by atoms with Gasteiger partial charge in [-0.2, -0.15) is 4.52 Å². The number of piperazine rings is 1. The van der Waals surface area contributed by atoms with Crippen molar-refractivity contribution in [2.24, 2.45) is 5.92 Å². The summed E-state index contributed by atoms with van der Waals surface area (Å²) in [5, 5.41) is 12.3. The fourth-order valence-corrected chi connectivity index (χ4v) is 3.53. The number of hydrogen-bond donors (Lipinski definition) is 0. The van der Waals surface area contributed by atoms with E-state index in [1.807, 2.05) is 24.0 Å². The largest absolute Gasteiger partial charge is 0.378 e. The summed E-state index contributed by atoms with van der Waals surface area (Å²) in [6, 6.07) is 3.87. The van der Waals surface area contributed by atoms with Gasteiger partial charge in [-0.15, -0.1) is 15.3 Å². The van der Waals surface area contributed by atoms with Gasteiger partial charge in [-0.1, -0.05) is 0 Å². The third kappa shape index (κ3) is 2.82. The Labute approximate surface area is 140 Å². The lowest BCUT2D eigenvalue weighted by Gasteiger charge is -2.38. The van der Waals surface area contributed by atoms with Crippen LogP contribution in [0.25, 0.3) is 5.65 Å². The third-order valence-corrected chi connectivity index (χ3v) is 4.99. The monoisotopic (exact) mass is 330 g/mol. The molecule has 2 aromatic heterocycles. The molecule has 2 fully saturated rings. The molecule has 0 saturated carbocycles. The Bertz CT molecular complexity index is 724. The summed E-state index contributed by atoms with van der Waals surface area (Å²) < 4.78 is 7.32. The van der Waals surface area contributed by atoms with E-state index in [1.165, 1.54) is 0 Å². The summed E-state index contributed by atoms with van der Waals surface area (Å²) in [5.41, 5.74) is 0.735. The molecule has 2 aliphatic heterocycles. The first kappa shape index (κ1) is 15.3. The third-order valence-electron chi connectivity index (χ3n) is 4.99. The molecule has 8 heteroatoms. The van der Waals surface area contributed by atoms with Crippen LogP contribution in [-0.4, -0.2) is 69.5 Å². The van der Waals surface area contributed by atoms with Crippen molar-refractivity contribution >= 4 is 17.4 Å². The molecule has 24 heavy (non-hydrogen) atoms. The summed E-state index contributed by atoms with van der Waals surface area (Å²) in [6.45, 7) is 5.81. The lowest BCUT2D eigenvalue weighted by atomic mass is 9.93. The molecule has 4 heterocycles. The van der Waals surface area contributed by atoms with Gasteiger partial charge in [-0.25, -0.2) is 0 Å². The molecule has 2 aliphatic rings. The molecule has 0 aromatic carbocycles. The van der Waals surface area contributed by atoms with Crippen molar-refractivity contribution < 1.29 is 9.53 Å². The first-order chi connectivity index (χ1) is 11.7. The summed E-state index contributed by atoms with van der Waals surface area (Å²) in [7, 11) is 0. The molecule has 0 N–H and O–H groups in total. The predicted octanol–water partition coefficient (Wildman–Crippen LogP) is 0.588. The summed E-state index contributed by atoms with van der Waals surface area (Å²) >= 11 is 0. The van der Waals surface area contributed by atoms with Crippen LogP contribution in [0.15, 0.2) is 18.5 Å². The second-order valence-electron chi connectivity index (χ2n) is 6.46. The maximum Gasteiger partial charge on any atom is 0.228 e. The van der Waals surface area contributed by atoms with Gasteiger partial charge in [-0.3, -0.25) is 4.79 Å². The Hall–Kier alpha value is -2.22. The molecule has 8 nitrogen and oxygen atoms in total. The highest BCUT2D eigenvalue weighted by Gasteiger charge is 2.33. The van der Waals surface area contributed by atoms with Crippen LogP contribution in [0.3, 0.4) is 0 Å². The van der Waals surface area contributed by atoms with E-state index in [0.717, 1.165) is 57.1 Å². The zero-order chi connectivity index (χ0) is 16.5. The number of nitrogens with zero attached hydrogens (tertiary/aromatic N) is 6. The highest BCUT2D eigenvalue weighted by atomic mass is 16.5. The number of rotatable bonds is 2. The molecule has 1 amide bonds. The number of aromatic nitrogens is 4. The molecule has 2 aromatic rings. The van der Waals surface area contributed by atoms with Gasteiger partial charge in [0, 0.05) is 32.8 Å². The molecule has 0 radical (unpaired) electrons. The predicted molar refractivity (Wildman–Crippen MR) is 87.7 cm³/mol. The maximum atomic E-state index is 12.7. The zero-order valence-corrected chi connectivity index (χ0v) is 13.8. The van der Waals surface area contributed by atoms with Crippen molar-refractivity contribution in [3.05, 3.63) is 18.5 Å². The average Bonchev–Trinajstić information content (AvgIpc) is 3.09. The second kappa shape index (κ2) is 6.35. The van der Waals surface area contributed by atoms with E-state index in [0.29, 0.717) is 0 Å². The van der Waals surface area contributed by atoms with Crippen molar-refractivity contribution in [2.45, 2.75) is 25.9 Å². The van der Waals surface area contributed by atoms with E-state index < -0.39 is 0 Å². The quantitative estimate of drug-likeness (QED) is 0.802. The Balaban J connectivity index is 1.40. The van der Waals surface area contributed by atoms with E-state index in [2.05, 4.69) is 20.2 Å². The molecule has 128 valence electrons. The molecule has 4 rings (SSSR count). The van der Waals surface area contributed by atoms with Crippen molar-refractivity contribution in [1.29, 1.82) is 0 Å². The maximum absolute atomic E-state index is 12.7. The Kier molecular flexibility index (Phi) is 4.05. The van der Waals surface area contributed by atoms with E-state index in [9.17, 15) is 4.79 Å². The highest BCUT2D eigenvalue weighted by Crippen LogP contribution is 2.24. The van der Waals surface area contributed by atoms with Gasteiger partial charge in [0.05, 0.1) is 12.0 Å². The molecule has 2 unspecified atom stereocenters. The fourth-order valence-electron chi connectivity index (χ4n) is 3.53. The van der Waals surface area contributed by atoms with Gasteiger partial charge in [0.25, 0.3) is 0 Å². The number of fused-ring (bicyclic) bond motifs is 1. The van der Waals surface area contributed by atoms with E-state index in [1.54, 1.807) is 10.8 Å². The van der Waals surface area contributed by atoms with Crippen LogP contribution in [0.1, 0.15) is 19.8 Å². The number of hydrogen-bond acceptors (Lipinski definition) is 6. The van der Waals surface area contributed by atoms with Crippen LogP contribution in [0.4, 0.5) is 5.82 Å². The number of anilines is 1. The Morgan fingerprint density at radius 2 is 2.08 bits per heavy atom. The molecular formula is C16H22N6O2. The fraction of sp³-hybridized carbons (Fsp3) is 0.625. The molecular weight excluding hydrogens is 308 g/mol. The van der Waals surface area contributed by atoms with Gasteiger partial charge in [0.15, 0.2) is 5.65 Å². The van der Waals surface area contributed by atoms with Crippen LogP contribution >= 0.6 is 0 Å². The van der Waals surface area contributed by atoms with Crippen molar-refractivity contribution in [3.8, 4) is 0 Å². The molecule has 0 bridgehead atoms. The average molecular weight is 330 g/mol. The molecule has 2 atom stereocenters. The lowest BCUT2D eigenvalue weighted by molar-refractivity contribution is -0.144. The molecule has 0 spiro atoms. The minimum absolute atomic E-state index is 0.0109. The van der Waals surface area contributed by atoms with Gasteiger partial charge in [0.1, 0.15) is 12.1 Å². The standard InChI is InChI=1S/C16H22N6O2/c1-12-13(3-2-10-24-12)16(23)21-8-6-20(7-9-21)15-5-4-14-18-17-11-22(14)19-15/h4-5,11-13H,2-3,6-10H2,1H3. The van der Waals surface area contributed by atoms with Gasteiger partial charge in [0.2, 0.25) is 5.91 Å². The van der Waals surface area contributed by atoms with Gasteiger partial charge in [-0.05, 0) is 31.9 Å². The van der Waals surface area contributed by atoms with Crippen LogP contribution in [0.5, 0.6) is 0 Å². The number of carbonyl (C=O) groups is 1. The molecule has 0 aliphatic carbocycles. The topological polar surface area (TPSA) is 75.9 Å². The van der Waals surface area contributed by atoms with Crippen LogP contribution in [0.2, 0.25) is 0 Å². The first-order valence-corrected chi connectivity index (χ1v) is 8.55. The van der Waals surface area contributed by atoms with Crippen LogP contribution in [-0.2, 0) is 9.53 Å². The van der Waals surface area contributed by atoms with E-state index >= 15 is 0 Å². The summed E-state index contributed by atoms with van der Waals surface area (Å²) in [5.74, 6) is 1.14. The minimum atomic E-state index is 0.0109. The summed E-state index contributed by atoms with van der Waals surface area (Å²) in [4.78, 5) is 16.9. The normalized spacial score (nSPS) is 25.2. The second-order valence-corrected chi connectivity index (χ2v) is 6.46. The van der Waals surface area contributed by atoms with Crippen molar-refractivity contribution in [2.75, 3.05) is 37.7 Å². The van der Waals surface area contributed by atoms with E-state index in [-0.39, 0.29) is 17.9 Å². The minimum Gasteiger partial charge on any atom is -0.378 e. The number of carbonyl (C=O) groups excluding carboxylic acids is 1. The van der Waals surface area contributed by atoms with Crippen molar-refractivity contribution in [1.82, 2.24) is 24.7 Å². The van der Waals surface area contributed by atoms with Crippen molar-refractivity contribution in [3.63, 3.8) is 0 Å². The zero-order valence-electron chi connectivity index (χ0n) is 13.8. The van der Waals surface area contributed by atoms with Gasteiger partial charge < -0.3 is 14.5 Å². The Morgan fingerprint density at radius 3 is 2.88 bits per heavy atom. The SMILES string of the molecule is CC1OCCCC1C(=O)N1CCN(c2ccc3nncn3n2)CC1. The van der Waals surface area contributed by atoms with Crippen LogP contribution < -0.4 is 4.90 Å². The molecule has 2 saturated heterocycles. The summed E-state index contributed by atoms with van der Waals surface area (Å²) in [6.07, 6.45) is 3.54. The highest BCUT2D eigenvalue weighted by molar-refractivity contribution is 5.79. The smallest absolute Gasteiger partial charge is 0.228 e. The van der Waals surface area contributed by atoms with E-state index in [4.69, 9.17) is 4.74 Å².